The lowest BCUT2D eigenvalue weighted by Crippen LogP contribution is -2.21. The fourth-order valence-corrected chi connectivity index (χ4v) is 3.12. The highest BCUT2D eigenvalue weighted by Crippen LogP contribution is 2.25. The second-order valence-electron chi connectivity index (χ2n) is 5.58. The molecule has 0 atom stereocenters. The van der Waals surface area contributed by atoms with Crippen molar-refractivity contribution in [3.05, 3.63) is 77.3 Å². The number of para-hydroxylation sites is 2. The smallest absolute Gasteiger partial charge is 0.262 e. The Kier molecular flexibility index (Phi) is 4.67. The van der Waals surface area contributed by atoms with Gasteiger partial charge in [0.15, 0.2) is 16.5 Å². The van der Waals surface area contributed by atoms with Gasteiger partial charge in [-0.1, -0.05) is 30.3 Å². The molecule has 1 N–H and O–H groups in total. The molecule has 0 aliphatic rings. The fraction of sp³-hybridized carbons (Fsp3) is 0.0500. The summed E-state index contributed by atoms with van der Waals surface area (Å²) in [6, 6.07) is 16.6. The Hall–Kier alpha value is -3.45. The summed E-state index contributed by atoms with van der Waals surface area (Å²) in [5.41, 5.74) is 1.72. The first-order valence-electron chi connectivity index (χ1n) is 8.16. The predicted molar refractivity (Wildman–Crippen MR) is 104 cm³/mol. The Labute approximate surface area is 158 Å². The number of methoxy groups -OCH3 is 1. The molecule has 27 heavy (non-hydrogen) atoms. The highest BCUT2D eigenvalue weighted by molar-refractivity contribution is 7.13. The summed E-state index contributed by atoms with van der Waals surface area (Å²) < 4.78 is 11.4. The molecule has 0 unspecified atom stereocenters. The molecular formula is C20H15N3O3S. The third-order valence-electron chi connectivity index (χ3n) is 3.84. The zero-order valence-electron chi connectivity index (χ0n) is 14.4. The number of carbonyl (C=O) groups excluding carboxylic acids is 1. The van der Waals surface area contributed by atoms with Gasteiger partial charge >= 0.3 is 0 Å². The molecule has 7 heteroatoms. The van der Waals surface area contributed by atoms with Gasteiger partial charge < -0.3 is 9.15 Å². The first kappa shape index (κ1) is 17.0. The van der Waals surface area contributed by atoms with E-state index in [1.54, 1.807) is 30.8 Å². The summed E-state index contributed by atoms with van der Waals surface area (Å²) in [4.78, 5) is 21.4. The average Bonchev–Trinajstić information content (AvgIpc) is 3.20. The van der Waals surface area contributed by atoms with Crippen LogP contribution in [0.15, 0.2) is 75.6 Å². The van der Waals surface area contributed by atoms with Crippen molar-refractivity contribution in [1.29, 1.82) is 0 Å². The van der Waals surface area contributed by atoms with Crippen LogP contribution in [0.1, 0.15) is 10.4 Å². The van der Waals surface area contributed by atoms with E-state index in [9.17, 15) is 4.79 Å². The maximum Gasteiger partial charge on any atom is 0.262 e. The predicted octanol–water partition coefficient (Wildman–Crippen LogP) is 4.38. The average molecular weight is 377 g/mol. The topological polar surface area (TPSA) is 76.7 Å². The van der Waals surface area contributed by atoms with Crippen LogP contribution in [-0.4, -0.2) is 18.0 Å². The zero-order chi connectivity index (χ0) is 18.6. The summed E-state index contributed by atoms with van der Waals surface area (Å²) in [5.74, 6) is 0.233. The first-order valence-corrected chi connectivity index (χ1v) is 9.04. The summed E-state index contributed by atoms with van der Waals surface area (Å²) in [6.45, 7) is 0. The van der Waals surface area contributed by atoms with Crippen molar-refractivity contribution in [2.24, 2.45) is 4.99 Å². The number of nitrogens with one attached hydrogen (secondary N) is 1. The van der Waals surface area contributed by atoms with E-state index in [4.69, 9.17) is 9.15 Å². The molecule has 0 fully saturated rings. The maximum atomic E-state index is 12.8. The van der Waals surface area contributed by atoms with Gasteiger partial charge in [0.25, 0.3) is 5.91 Å². The summed E-state index contributed by atoms with van der Waals surface area (Å²) in [6.07, 6.45) is 1.63. The van der Waals surface area contributed by atoms with E-state index in [1.807, 2.05) is 42.5 Å². The third kappa shape index (κ3) is 3.58. The lowest BCUT2D eigenvalue weighted by Gasteiger charge is -2.07. The molecule has 0 saturated heterocycles. The molecule has 4 rings (SSSR count). The van der Waals surface area contributed by atoms with Gasteiger partial charge in [-0.25, -0.2) is 9.98 Å². The van der Waals surface area contributed by atoms with Crippen LogP contribution in [0.4, 0.5) is 10.8 Å². The van der Waals surface area contributed by atoms with E-state index >= 15 is 0 Å². The number of thiazole rings is 1. The monoisotopic (exact) mass is 377 g/mol. The Bertz CT molecular complexity index is 1150. The number of aromatic nitrogens is 1. The van der Waals surface area contributed by atoms with Crippen LogP contribution >= 0.6 is 11.3 Å². The molecule has 0 aliphatic heterocycles. The van der Waals surface area contributed by atoms with Crippen molar-refractivity contribution in [3.8, 4) is 5.75 Å². The molecule has 0 aliphatic carbocycles. The van der Waals surface area contributed by atoms with Crippen LogP contribution in [0, 0.1) is 0 Å². The minimum atomic E-state index is -0.340. The van der Waals surface area contributed by atoms with Gasteiger partial charge in [0.05, 0.1) is 12.8 Å². The molecule has 1 amide bonds. The number of fused-ring (bicyclic) bond motifs is 1. The number of ether oxygens (including phenoxy) is 1. The van der Waals surface area contributed by atoms with Crippen LogP contribution in [0.3, 0.4) is 0 Å². The molecule has 2 aromatic carbocycles. The fourth-order valence-electron chi connectivity index (χ4n) is 2.60. The Balaban J connectivity index is 1.91. The number of hydrogen-bond donors (Lipinski definition) is 1. The van der Waals surface area contributed by atoms with E-state index in [0.29, 0.717) is 27.7 Å². The summed E-state index contributed by atoms with van der Waals surface area (Å²) >= 11 is 1.34. The third-order valence-corrected chi connectivity index (χ3v) is 4.53. The highest BCUT2D eigenvalue weighted by atomic mass is 32.1. The number of rotatable bonds is 4. The molecule has 0 radical (unpaired) electrons. The zero-order valence-corrected chi connectivity index (χ0v) is 15.2. The molecule has 0 bridgehead atoms. The van der Waals surface area contributed by atoms with Crippen molar-refractivity contribution < 1.29 is 13.9 Å². The molecule has 6 nitrogen and oxygen atoms in total. The summed E-state index contributed by atoms with van der Waals surface area (Å²) in [7, 11) is 1.57. The van der Waals surface area contributed by atoms with Crippen molar-refractivity contribution >= 4 is 39.0 Å². The second kappa shape index (κ2) is 7.43. The Morgan fingerprint density at radius 1 is 1.19 bits per heavy atom. The van der Waals surface area contributed by atoms with Crippen molar-refractivity contribution in [3.63, 3.8) is 0 Å². The van der Waals surface area contributed by atoms with Crippen LogP contribution < -0.4 is 15.6 Å². The Morgan fingerprint density at radius 3 is 2.78 bits per heavy atom. The first-order chi connectivity index (χ1) is 13.2. The van der Waals surface area contributed by atoms with Crippen molar-refractivity contribution in [2.75, 3.05) is 12.4 Å². The van der Waals surface area contributed by atoms with E-state index in [2.05, 4.69) is 15.3 Å². The number of anilines is 1. The quantitative estimate of drug-likeness (QED) is 0.572. The van der Waals surface area contributed by atoms with Gasteiger partial charge in [0.1, 0.15) is 5.56 Å². The second-order valence-corrected chi connectivity index (χ2v) is 6.48. The number of carbonyl (C=O) groups is 1. The highest BCUT2D eigenvalue weighted by Gasteiger charge is 2.15. The summed E-state index contributed by atoms with van der Waals surface area (Å²) in [5, 5.41) is 5.82. The van der Waals surface area contributed by atoms with E-state index in [0.717, 1.165) is 5.39 Å². The van der Waals surface area contributed by atoms with Crippen molar-refractivity contribution in [1.82, 2.24) is 4.98 Å². The lowest BCUT2D eigenvalue weighted by atomic mass is 10.1. The van der Waals surface area contributed by atoms with Gasteiger partial charge in [0, 0.05) is 17.0 Å². The minimum Gasteiger partial charge on any atom is -0.493 e. The normalized spacial score (nSPS) is 11.5. The molecule has 0 saturated carbocycles. The molecule has 2 heterocycles. The van der Waals surface area contributed by atoms with Gasteiger partial charge in [-0.2, -0.15) is 0 Å². The van der Waals surface area contributed by atoms with Gasteiger partial charge in [-0.15, -0.1) is 11.3 Å². The van der Waals surface area contributed by atoms with E-state index < -0.39 is 0 Å². The number of hydrogen-bond acceptors (Lipinski definition) is 6. The maximum absolute atomic E-state index is 12.8. The van der Waals surface area contributed by atoms with Crippen LogP contribution in [-0.2, 0) is 0 Å². The number of amides is 1. The Morgan fingerprint density at radius 2 is 2.04 bits per heavy atom. The van der Waals surface area contributed by atoms with Crippen LogP contribution in [0.2, 0.25) is 0 Å². The number of nitrogens with zero attached hydrogens (tertiary/aromatic N) is 2. The largest absolute Gasteiger partial charge is 0.493 e. The standard InChI is InChI=1S/C20H15N3O3S/c1-25-16-9-5-6-13-12-15(18(24)23-20-21-10-11-27-20)19(26-17(13)16)22-14-7-3-2-4-8-14/h2-12H,1H3,(H,21,23,24). The molecular weight excluding hydrogens is 362 g/mol. The van der Waals surface area contributed by atoms with E-state index in [1.165, 1.54) is 11.3 Å². The van der Waals surface area contributed by atoms with Crippen LogP contribution in [0.5, 0.6) is 5.75 Å². The van der Waals surface area contributed by atoms with Crippen LogP contribution in [0.25, 0.3) is 11.0 Å². The van der Waals surface area contributed by atoms with Gasteiger partial charge in [-0.3, -0.25) is 10.1 Å². The number of benzene rings is 2. The molecule has 4 aromatic rings. The molecule has 0 spiro atoms. The molecule has 2 aromatic heterocycles. The van der Waals surface area contributed by atoms with E-state index in [-0.39, 0.29) is 11.5 Å². The molecule has 134 valence electrons. The lowest BCUT2D eigenvalue weighted by molar-refractivity contribution is 0.102. The van der Waals surface area contributed by atoms with Crippen molar-refractivity contribution in [2.45, 2.75) is 0 Å². The van der Waals surface area contributed by atoms with Gasteiger partial charge in [0.2, 0.25) is 5.55 Å². The SMILES string of the molecule is COc1cccc2cc(C(=O)Nc3nccs3)c(=Nc3ccccc3)oc12. The minimum absolute atomic E-state index is 0.201. The van der Waals surface area contributed by atoms with Gasteiger partial charge in [-0.05, 0) is 24.3 Å².